The lowest BCUT2D eigenvalue weighted by Gasteiger charge is -2.13. The Kier molecular flexibility index (Phi) is 3.54. The molecule has 1 aliphatic rings. The lowest BCUT2D eigenvalue weighted by molar-refractivity contribution is 0.0600. The summed E-state index contributed by atoms with van der Waals surface area (Å²) in [6.45, 7) is 0. The van der Waals surface area contributed by atoms with Gasteiger partial charge < -0.3 is 4.74 Å². The van der Waals surface area contributed by atoms with Gasteiger partial charge in [-0.1, -0.05) is 12.8 Å². The van der Waals surface area contributed by atoms with Gasteiger partial charge in [-0.15, -0.1) is 0 Å². The van der Waals surface area contributed by atoms with Gasteiger partial charge >= 0.3 is 5.97 Å². The third kappa shape index (κ3) is 2.40. The Morgan fingerprint density at radius 3 is 2.75 bits per heavy atom. The van der Waals surface area contributed by atoms with Crippen LogP contribution in [-0.4, -0.2) is 18.1 Å². The van der Waals surface area contributed by atoms with E-state index in [1.54, 1.807) is 6.20 Å². The summed E-state index contributed by atoms with van der Waals surface area (Å²) in [5.74, 6) is -0.294. The topological polar surface area (TPSA) is 39.2 Å². The van der Waals surface area contributed by atoms with Gasteiger partial charge in [0, 0.05) is 11.9 Å². The fourth-order valence-corrected chi connectivity index (χ4v) is 2.17. The molecular weight excluding hydrogens is 202 g/mol. The Morgan fingerprint density at radius 2 is 2.00 bits per heavy atom. The minimum atomic E-state index is -0.294. The van der Waals surface area contributed by atoms with Crippen molar-refractivity contribution < 1.29 is 9.53 Å². The molecule has 0 fully saturated rings. The highest BCUT2D eigenvalue weighted by atomic mass is 16.5. The van der Waals surface area contributed by atoms with Crippen LogP contribution in [0.25, 0.3) is 0 Å². The van der Waals surface area contributed by atoms with Crippen molar-refractivity contribution in [3.63, 3.8) is 0 Å². The number of esters is 1. The Morgan fingerprint density at radius 1 is 1.25 bits per heavy atom. The second-order valence-corrected chi connectivity index (χ2v) is 4.24. The van der Waals surface area contributed by atoms with Gasteiger partial charge in [0.25, 0.3) is 0 Å². The zero-order chi connectivity index (χ0) is 11.4. The molecule has 2 rings (SSSR count). The molecule has 0 aliphatic heterocycles. The van der Waals surface area contributed by atoms with Crippen LogP contribution in [-0.2, 0) is 17.6 Å². The van der Waals surface area contributed by atoms with E-state index in [4.69, 9.17) is 4.74 Å². The highest BCUT2D eigenvalue weighted by Crippen LogP contribution is 2.19. The zero-order valence-electron chi connectivity index (χ0n) is 9.66. The second kappa shape index (κ2) is 5.10. The van der Waals surface area contributed by atoms with Gasteiger partial charge in [0.05, 0.1) is 12.7 Å². The van der Waals surface area contributed by atoms with Crippen molar-refractivity contribution in [1.29, 1.82) is 0 Å². The molecule has 16 heavy (non-hydrogen) atoms. The number of ether oxygens (including phenoxy) is 1. The quantitative estimate of drug-likeness (QED) is 0.681. The molecule has 0 saturated heterocycles. The molecule has 1 heterocycles. The van der Waals surface area contributed by atoms with Crippen molar-refractivity contribution in [3.05, 3.63) is 29.1 Å². The number of aromatic nitrogens is 1. The number of aryl methyl sites for hydroxylation is 2. The molecule has 3 nitrogen and oxygen atoms in total. The van der Waals surface area contributed by atoms with Crippen LogP contribution in [0.15, 0.2) is 12.3 Å². The Hall–Kier alpha value is -1.38. The number of carbonyl (C=O) groups is 1. The fraction of sp³-hybridized carbons (Fsp3) is 0.538. The summed E-state index contributed by atoms with van der Waals surface area (Å²) in [4.78, 5) is 15.8. The monoisotopic (exact) mass is 219 g/mol. The van der Waals surface area contributed by atoms with Crippen LogP contribution in [0.5, 0.6) is 0 Å². The molecule has 0 bridgehead atoms. The number of fused-ring (bicyclic) bond motifs is 1. The number of pyridine rings is 1. The maximum Gasteiger partial charge on any atom is 0.339 e. The lowest BCUT2D eigenvalue weighted by Crippen LogP contribution is -2.07. The predicted octanol–water partition coefficient (Wildman–Crippen LogP) is 2.53. The van der Waals surface area contributed by atoms with Crippen molar-refractivity contribution >= 4 is 5.97 Å². The molecular formula is C13H17NO2. The molecule has 1 aromatic heterocycles. The van der Waals surface area contributed by atoms with Crippen molar-refractivity contribution in [1.82, 2.24) is 4.98 Å². The van der Waals surface area contributed by atoms with Crippen molar-refractivity contribution in [2.75, 3.05) is 7.11 Å². The first kappa shape index (κ1) is 11.1. The molecule has 0 saturated carbocycles. The standard InChI is InChI=1S/C13H17NO2/c1-16-13(15)11-8-10-6-4-2-3-5-7-12(10)14-9-11/h8-9H,2-7H2,1H3. The van der Waals surface area contributed by atoms with E-state index in [-0.39, 0.29) is 5.97 Å². The van der Waals surface area contributed by atoms with E-state index in [9.17, 15) is 4.79 Å². The van der Waals surface area contributed by atoms with Crippen LogP contribution in [0.4, 0.5) is 0 Å². The SMILES string of the molecule is COC(=O)c1cnc2c(c1)CCCCCC2. The minimum absolute atomic E-state index is 0.294. The lowest BCUT2D eigenvalue weighted by atomic mass is 9.96. The fourth-order valence-electron chi connectivity index (χ4n) is 2.17. The minimum Gasteiger partial charge on any atom is -0.465 e. The number of rotatable bonds is 1. The highest BCUT2D eigenvalue weighted by Gasteiger charge is 2.12. The maximum atomic E-state index is 11.4. The van der Waals surface area contributed by atoms with Crippen LogP contribution in [0, 0.1) is 0 Å². The zero-order valence-corrected chi connectivity index (χ0v) is 9.66. The summed E-state index contributed by atoms with van der Waals surface area (Å²) in [6, 6.07) is 1.94. The van der Waals surface area contributed by atoms with E-state index in [2.05, 4.69) is 4.98 Å². The van der Waals surface area contributed by atoms with Gasteiger partial charge in [0.2, 0.25) is 0 Å². The Bertz CT molecular complexity index is 388. The predicted molar refractivity (Wildman–Crippen MR) is 61.5 cm³/mol. The number of hydrogen-bond donors (Lipinski definition) is 0. The molecule has 3 heteroatoms. The summed E-state index contributed by atoms with van der Waals surface area (Å²) in [5.41, 5.74) is 2.96. The second-order valence-electron chi connectivity index (χ2n) is 4.24. The average molecular weight is 219 g/mol. The molecule has 0 spiro atoms. The summed E-state index contributed by atoms with van der Waals surface area (Å²) < 4.78 is 4.70. The van der Waals surface area contributed by atoms with E-state index in [0.29, 0.717) is 5.56 Å². The summed E-state index contributed by atoms with van der Waals surface area (Å²) in [7, 11) is 1.40. The van der Waals surface area contributed by atoms with Crippen LogP contribution in [0.1, 0.15) is 47.3 Å². The first-order chi connectivity index (χ1) is 7.81. The molecule has 1 aromatic rings. The Labute approximate surface area is 95.8 Å². The number of nitrogens with zero attached hydrogens (tertiary/aromatic N) is 1. The van der Waals surface area contributed by atoms with E-state index < -0.39 is 0 Å². The smallest absolute Gasteiger partial charge is 0.339 e. The van der Waals surface area contributed by atoms with E-state index in [1.807, 2.05) is 6.07 Å². The van der Waals surface area contributed by atoms with Crippen LogP contribution in [0.2, 0.25) is 0 Å². The largest absolute Gasteiger partial charge is 0.465 e. The highest BCUT2D eigenvalue weighted by molar-refractivity contribution is 5.89. The first-order valence-electron chi connectivity index (χ1n) is 5.87. The number of methoxy groups -OCH3 is 1. The van der Waals surface area contributed by atoms with Gasteiger partial charge in [-0.25, -0.2) is 4.79 Å². The third-order valence-corrected chi connectivity index (χ3v) is 3.09. The molecule has 0 radical (unpaired) electrons. The first-order valence-corrected chi connectivity index (χ1v) is 5.87. The van der Waals surface area contributed by atoms with Crippen molar-refractivity contribution in [2.45, 2.75) is 38.5 Å². The maximum absolute atomic E-state index is 11.4. The van der Waals surface area contributed by atoms with Gasteiger partial charge in [0.15, 0.2) is 0 Å². The van der Waals surface area contributed by atoms with E-state index in [0.717, 1.165) is 18.5 Å². The van der Waals surface area contributed by atoms with Crippen molar-refractivity contribution in [2.24, 2.45) is 0 Å². The molecule has 0 amide bonds. The van der Waals surface area contributed by atoms with Crippen LogP contribution >= 0.6 is 0 Å². The molecule has 86 valence electrons. The summed E-state index contributed by atoms with van der Waals surface area (Å²) >= 11 is 0. The summed E-state index contributed by atoms with van der Waals surface area (Å²) in [5, 5.41) is 0. The third-order valence-electron chi connectivity index (χ3n) is 3.09. The van der Waals surface area contributed by atoms with Gasteiger partial charge in [-0.3, -0.25) is 4.98 Å². The van der Waals surface area contributed by atoms with E-state index in [1.165, 1.54) is 38.4 Å². The van der Waals surface area contributed by atoms with Gasteiger partial charge in [0.1, 0.15) is 0 Å². The molecule has 0 unspecified atom stereocenters. The number of carbonyl (C=O) groups excluding carboxylic acids is 1. The molecule has 0 atom stereocenters. The molecule has 0 N–H and O–H groups in total. The summed E-state index contributed by atoms with van der Waals surface area (Å²) in [6.07, 6.45) is 8.68. The average Bonchev–Trinajstić information content (AvgIpc) is 2.28. The normalized spacial score (nSPS) is 15.8. The van der Waals surface area contributed by atoms with Gasteiger partial charge in [-0.2, -0.15) is 0 Å². The molecule has 1 aliphatic carbocycles. The van der Waals surface area contributed by atoms with Crippen molar-refractivity contribution in [3.8, 4) is 0 Å². The number of hydrogen-bond acceptors (Lipinski definition) is 3. The molecule has 0 aromatic carbocycles. The Balaban J connectivity index is 2.28. The van der Waals surface area contributed by atoms with Crippen LogP contribution < -0.4 is 0 Å². The van der Waals surface area contributed by atoms with Crippen LogP contribution in [0.3, 0.4) is 0 Å². The van der Waals surface area contributed by atoms with Gasteiger partial charge in [-0.05, 0) is 37.3 Å². The van der Waals surface area contributed by atoms with E-state index >= 15 is 0 Å².